The van der Waals surface area contributed by atoms with Gasteiger partial charge in [-0.15, -0.1) is 0 Å². The number of rotatable bonds is 5. The number of nitrogens with two attached hydrogens (primary N) is 1. The molecule has 0 saturated heterocycles. The summed E-state index contributed by atoms with van der Waals surface area (Å²) in [5, 5.41) is 0.194. The Bertz CT molecular complexity index is 314. The average molecular weight is 230 g/mol. The van der Waals surface area contributed by atoms with Crippen molar-refractivity contribution in [2.45, 2.75) is 26.2 Å². The minimum atomic E-state index is -0.361. The maximum atomic E-state index is 12.9. The third kappa shape index (κ3) is 3.80. The highest BCUT2D eigenvalue weighted by molar-refractivity contribution is 6.30. The van der Waals surface area contributed by atoms with Crippen molar-refractivity contribution in [1.29, 1.82) is 0 Å². The Morgan fingerprint density at radius 1 is 1.47 bits per heavy atom. The maximum Gasteiger partial charge on any atom is 0.141 e. The Morgan fingerprint density at radius 2 is 2.20 bits per heavy atom. The topological polar surface area (TPSA) is 26.0 Å². The number of halogens is 2. The van der Waals surface area contributed by atoms with Crippen molar-refractivity contribution < 1.29 is 4.39 Å². The minimum Gasteiger partial charge on any atom is -0.330 e. The van der Waals surface area contributed by atoms with Gasteiger partial charge >= 0.3 is 0 Å². The van der Waals surface area contributed by atoms with Crippen LogP contribution >= 0.6 is 11.6 Å². The molecular weight excluding hydrogens is 213 g/mol. The second-order valence-electron chi connectivity index (χ2n) is 3.84. The van der Waals surface area contributed by atoms with E-state index in [2.05, 4.69) is 6.92 Å². The molecule has 0 heterocycles. The molecular formula is C12H17ClFN. The van der Waals surface area contributed by atoms with Crippen molar-refractivity contribution in [1.82, 2.24) is 0 Å². The third-order valence-corrected chi connectivity index (χ3v) is 2.83. The highest BCUT2D eigenvalue weighted by atomic mass is 35.5. The van der Waals surface area contributed by atoms with E-state index in [4.69, 9.17) is 17.3 Å². The lowest BCUT2D eigenvalue weighted by atomic mass is 9.95. The first kappa shape index (κ1) is 12.5. The summed E-state index contributed by atoms with van der Waals surface area (Å²) < 4.78 is 12.9. The Balaban J connectivity index is 2.66. The summed E-state index contributed by atoms with van der Waals surface area (Å²) in [5.74, 6) is 0.108. The highest BCUT2D eigenvalue weighted by Gasteiger charge is 2.08. The van der Waals surface area contributed by atoms with Gasteiger partial charge in [-0.2, -0.15) is 0 Å². The molecule has 1 aromatic carbocycles. The molecule has 0 aromatic heterocycles. The molecule has 0 spiro atoms. The second-order valence-corrected chi connectivity index (χ2v) is 4.25. The zero-order valence-corrected chi connectivity index (χ0v) is 9.73. The van der Waals surface area contributed by atoms with Crippen molar-refractivity contribution in [3.05, 3.63) is 34.6 Å². The van der Waals surface area contributed by atoms with Crippen LogP contribution in [0.25, 0.3) is 0 Å². The molecule has 0 radical (unpaired) electrons. The molecule has 1 nitrogen and oxygen atoms in total. The van der Waals surface area contributed by atoms with Gasteiger partial charge in [0, 0.05) is 0 Å². The van der Waals surface area contributed by atoms with E-state index in [1.807, 2.05) is 0 Å². The van der Waals surface area contributed by atoms with E-state index in [0.717, 1.165) is 24.8 Å². The van der Waals surface area contributed by atoms with Crippen LogP contribution in [0.3, 0.4) is 0 Å². The Kier molecular flexibility index (Phi) is 5.06. The molecule has 84 valence electrons. The van der Waals surface area contributed by atoms with Gasteiger partial charge in [0.1, 0.15) is 5.82 Å². The largest absolute Gasteiger partial charge is 0.330 e. The summed E-state index contributed by atoms with van der Waals surface area (Å²) in [5.41, 5.74) is 6.73. The average Bonchev–Trinajstić information content (AvgIpc) is 2.23. The fourth-order valence-corrected chi connectivity index (χ4v) is 1.91. The summed E-state index contributed by atoms with van der Waals surface area (Å²) in [6.45, 7) is 2.81. The van der Waals surface area contributed by atoms with E-state index < -0.39 is 0 Å². The molecule has 1 atom stereocenters. The molecule has 0 amide bonds. The van der Waals surface area contributed by atoms with E-state index in [0.29, 0.717) is 12.5 Å². The van der Waals surface area contributed by atoms with Gasteiger partial charge in [-0.3, -0.25) is 0 Å². The van der Waals surface area contributed by atoms with Crippen LogP contribution in [0, 0.1) is 11.7 Å². The van der Waals surface area contributed by atoms with E-state index in [1.54, 1.807) is 12.1 Å². The van der Waals surface area contributed by atoms with Crippen molar-refractivity contribution in [2.24, 2.45) is 11.7 Å². The predicted molar refractivity (Wildman–Crippen MR) is 62.6 cm³/mol. The minimum absolute atomic E-state index is 0.194. The van der Waals surface area contributed by atoms with E-state index in [-0.39, 0.29) is 10.8 Å². The maximum absolute atomic E-state index is 12.9. The summed E-state index contributed by atoms with van der Waals surface area (Å²) in [7, 11) is 0. The second kappa shape index (κ2) is 6.09. The molecule has 0 aliphatic carbocycles. The predicted octanol–water partition coefficient (Wildman–Crippen LogP) is 3.40. The Morgan fingerprint density at radius 3 is 2.73 bits per heavy atom. The van der Waals surface area contributed by atoms with Crippen LogP contribution in [-0.4, -0.2) is 6.54 Å². The zero-order chi connectivity index (χ0) is 11.3. The van der Waals surface area contributed by atoms with Crippen molar-refractivity contribution in [2.75, 3.05) is 6.54 Å². The van der Waals surface area contributed by atoms with Crippen LogP contribution in [0.15, 0.2) is 18.2 Å². The van der Waals surface area contributed by atoms with Gasteiger partial charge in [0.15, 0.2) is 0 Å². The van der Waals surface area contributed by atoms with Gasteiger partial charge in [-0.25, -0.2) is 4.39 Å². The summed E-state index contributed by atoms with van der Waals surface area (Å²) >= 11 is 5.71. The molecule has 1 unspecified atom stereocenters. The molecule has 0 fully saturated rings. The molecule has 3 heteroatoms. The van der Waals surface area contributed by atoms with Crippen LogP contribution < -0.4 is 5.73 Å². The lowest BCUT2D eigenvalue weighted by Gasteiger charge is -2.13. The lowest BCUT2D eigenvalue weighted by molar-refractivity contribution is 0.487. The number of hydrogen-bond acceptors (Lipinski definition) is 1. The molecule has 15 heavy (non-hydrogen) atoms. The van der Waals surface area contributed by atoms with Crippen molar-refractivity contribution in [3.63, 3.8) is 0 Å². The number of benzene rings is 1. The summed E-state index contributed by atoms with van der Waals surface area (Å²) in [6.07, 6.45) is 3.10. The van der Waals surface area contributed by atoms with Crippen LogP contribution in [0.1, 0.15) is 25.3 Å². The van der Waals surface area contributed by atoms with Gasteiger partial charge in [-0.05, 0) is 43.0 Å². The van der Waals surface area contributed by atoms with Crippen LogP contribution in [-0.2, 0) is 6.42 Å². The van der Waals surface area contributed by atoms with Gasteiger partial charge in [-0.1, -0.05) is 31.0 Å². The lowest BCUT2D eigenvalue weighted by Crippen LogP contribution is -2.16. The monoisotopic (exact) mass is 229 g/mol. The first-order valence-corrected chi connectivity index (χ1v) is 5.69. The van der Waals surface area contributed by atoms with Crippen LogP contribution in [0.5, 0.6) is 0 Å². The number of hydrogen-bond donors (Lipinski definition) is 1. The first-order chi connectivity index (χ1) is 7.17. The SMILES string of the molecule is CCCC(CN)Cc1ccc(F)c(Cl)c1. The van der Waals surface area contributed by atoms with E-state index in [1.165, 1.54) is 6.07 Å². The smallest absolute Gasteiger partial charge is 0.141 e. The molecule has 0 aliphatic rings. The van der Waals surface area contributed by atoms with Gasteiger partial charge in [0.2, 0.25) is 0 Å². The summed E-state index contributed by atoms with van der Waals surface area (Å²) in [6, 6.07) is 4.88. The van der Waals surface area contributed by atoms with Crippen molar-refractivity contribution >= 4 is 11.6 Å². The molecule has 0 bridgehead atoms. The molecule has 1 rings (SSSR count). The van der Waals surface area contributed by atoms with Gasteiger partial charge in [0.05, 0.1) is 5.02 Å². The van der Waals surface area contributed by atoms with E-state index >= 15 is 0 Å². The normalized spacial score (nSPS) is 12.8. The summed E-state index contributed by atoms with van der Waals surface area (Å²) in [4.78, 5) is 0. The molecule has 1 aromatic rings. The Labute approximate surface area is 95.4 Å². The van der Waals surface area contributed by atoms with Gasteiger partial charge in [0.25, 0.3) is 0 Å². The Hall–Kier alpha value is -0.600. The van der Waals surface area contributed by atoms with E-state index in [9.17, 15) is 4.39 Å². The van der Waals surface area contributed by atoms with Crippen LogP contribution in [0.2, 0.25) is 5.02 Å². The third-order valence-electron chi connectivity index (χ3n) is 2.54. The first-order valence-electron chi connectivity index (χ1n) is 5.31. The fraction of sp³-hybridized carbons (Fsp3) is 0.500. The van der Waals surface area contributed by atoms with Crippen LogP contribution in [0.4, 0.5) is 4.39 Å². The standard InChI is InChI=1S/C12H17ClFN/c1-2-3-10(8-15)6-9-4-5-12(14)11(13)7-9/h4-5,7,10H,2-3,6,8,15H2,1H3. The molecule has 0 aliphatic heterocycles. The zero-order valence-electron chi connectivity index (χ0n) is 8.97. The van der Waals surface area contributed by atoms with Gasteiger partial charge < -0.3 is 5.73 Å². The highest BCUT2D eigenvalue weighted by Crippen LogP contribution is 2.19. The quantitative estimate of drug-likeness (QED) is 0.823. The molecule has 0 saturated carbocycles. The van der Waals surface area contributed by atoms with Crippen molar-refractivity contribution in [3.8, 4) is 0 Å². The molecule has 2 N–H and O–H groups in total. The fourth-order valence-electron chi connectivity index (χ4n) is 1.71.